The number of carbonyl (C=O) groups excluding carboxylic acids is 3. The van der Waals surface area contributed by atoms with Crippen LogP contribution in [0, 0.1) is 23.0 Å². The second-order valence-corrected chi connectivity index (χ2v) is 10.4. The number of nitriles is 1. The maximum absolute atomic E-state index is 14.7. The lowest BCUT2D eigenvalue weighted by atomic mass is 10.0. The number of amides is 3. The van der Waals surface area contributed by atoms with Gasteiger partial charge in [-0.15, -0.1) is 0 Å². The zero-order chi connectivity index (χ0) is 31.3. The zero-order valence-electron chi connectivity index (χ0n) is 23.1. The van der Waals surface area contributed by atoms with E-state index in [1.165, 1.54) is 48.1 Å². The molecule has 2 aromatic carbocycles. The molecule has 0 aliphatic carbocycles. The maximum atomic E-state index is 14.7. The summed E-state index contributed by atoms with van der Waals surface area (Å²) in [6.45, 7) is 1.80. The molecule has 4 rings (SSSR count). The quantitative estimate of drug-likeness (QED) is 0.216. The molecule has 0 saturated carbocycles. The summed E-state index contributed by atoms with van der Waals surface area (Å²) in [6, 6.07) is 7.82. The Hall–Kier alpha value is -4.58. The summed E-state index contributed by atoms with van der Waals surface area (Å²) < 4.78 is 35.3. The monoisotopic (exact) mass is 615 g/mol. The first-order valence-electron chi connectivity index (χ1n) is 13.0. The minimum atomic E-state index is -1.28. The van der Waals surface area contributed by atoms with Crippen LogP contribution in [0.4, 0.5) is 14.5 Å². The summed E-state index contributed by atoms with van der Waals surface area (Å²) in [5.74, 6) is -4.49. The fourth-order valence-corrected chi connectivity index (χ4v) is 4.74. The Morgan fingerprint density at radius 3 is 2.63 bits per heavy atom. The molecule has 3 amide bonds. The minimum absolute atomic E-state index is 0.0495. The molecule has 15 heteroatoms. The standard InChI is InChI=1S/C28H28ClF2N7O5/c1-28(42)12-19(36-14-28)26(40)34-9-8-33-25(39)16-4-3-15(11-18(16)29)37-27(41)24-35-13-20(38(24)2)17-5-6-21(43-10-7-32)23(31)22(17)30/h3-6,11,13,19,36,42H,8-10,12,14H2,1-2H3,(H,33,39)(H,34,40)(H,37,41)/t19-,28-/m1/s1. The van der Waals surface area contributed by atoms with Gasteiger partial charge in [0.25, 0.3) is 11.8 Å². The van der Waals surface area contributed by atoms with E-state index in [9.17, 15) is 28.3 Å². The Balaban J connectivity index is 1.34. The maximum Gasteiger partial charge on any atom is 0.291 e. The Kier molecular flexibility index (Phi) is 9.59. The van der Waals surface area contributed by atoms with Crippen molar-refractivity contribution in [1.82, 2.24) is 25.5 Å². The number of aliphatic hydroxyl groups is 1. The summed E-state index contributed by atoms with van der Waals surface area (Å²) in [5, 5.41) is 29.5. The van der Waals surface area contributed by atoms with Crippen LogP contribution in [0.5, 0.6) is 5.75 Å². The number of anilines is 1. The Morgan fingerprint density at radius 2 is 1.95 bits per heavy atom. The van der Waals surface area contributed by atoms with Crippen molar-refractivity contribution in [1.29, 1.82) is 5.26 Å². The van der Waals surface area contributed by atoms with E-state index in [4.69, 9.17) is 21.6 Å². The van der Waals surface area contributed by atoms with Crippen molar-refractivity contribution >= 4 is 35.0 Å². The third kappa shape index (κ3) is 7.26. The molecule has 1 fully saturated rings. The molecule has 1 aliphatic rings. The van der Waals surface area contributed by atoms with E-state index in [1.54, 1.807) is 13.0 Å². The Labute approximate surface area is 250 Å². The fourth-order valence-electron chi connectivity index (χ4n) is 4.48. The Morgan fingerprint density at radius 1 is 1.21 bits per heavy atom. The molecule has 2 atom stereocenters. The third-order valence-electron chi connectivity index (χ3n) is 6.68. The normalized spacial score (nSPS) is 17.7. The van der Waals surface area contributed by atoms with Crippen molar-refractivity contribution in [3.63, 3.8) is 0 Å². The van der Waals surface area contributed by atoms with Gasteiger partial charge in [-0.1, -0.05) is 11.6 Å². The molecule has 1 aliphatic heterocycles. The van der Waals surface area contributed by atoms with Gasteiger partial charge in [-0.25, -0.2) is 9.37 Å². The second-order valence-electron chi connectivity index (χ2n) is 10.0. The number of hydrogen-bond acceptors (Lipinski definition) is 8. The average molecular weight is 616 g/mol. The first-order chi connectivity index (χ1) is 20.4. The lowest BCUT2D eigenvalue weighted by molar-refractivity contribution is -0.123. The number of halogens is 3. The van der Waals surface area contributed by atoms with Crippen molar-refractivity contribution < 1.29 is 33.0 Å². The average Bonchev–Trinajstić information content (AvgIpc) is 3.53. The van der Waals surface area contributed by atoms with Gasteiger partial charge in [0.15, 0.2) is 24.0 Å². The summed E-state index contributed by atoms with van der Waals surface area (Å²) in [6.07, 6.45) is 1.50. The van der Waals surface area contributed by atoms with Crippen LogP contribution < -0.4 is 26.0 Å². The van der Waals surface area contributed by atoms with E-state index in [0.717, 1.165) is 0 Å². The van der Waals surface area contributed by atoms with Gasteiger partial charge in [0.05, 0.1) is 34.1 Å². The number of aromatic nitrogens is 2. The van der Waals surface area contributed by atoms with Gasteiger partial charge in [0, 0.05) is 44.4 Å². The number of benzene rings is 2. The van der Waals surface area contributed by atoms with Crippen LogP contribution in [-0.4, -0.2) is 70.3 Å². The van der Waals surface area contributed by atoms with E-state index in [1.807, 2.05) is 0 Å². The van der Waals surface area contributed by atoms with Gasteiger partial charge in [-0.3, -0.25) is 14.4 Å². The number of hydrogen-bond donors (Lipinski definition) is 5. The van der Waals surface area contributed by atoms with Crippen molar-refractivity contribution in [3.8, 4) is 23.1 Å². The topological polar surface area (TPSA) is 170 Å². The molecule has 5 N–H and O–H groups in total. The van der Waals surface area contributed by atoms with Crippen molar-refractivity contribution in [2.45, 2.75) is 25.0 Å². The number of β-amino-alcohol motifs (C(OH)–C–C–N with tert-alkyl or cyclic N) is 1. The summed E-state index contributed by atoms with van der Waals surface area (Å²) >= 11 is 6.28. The van der Waals surface area contributed by atoms with Crippen LogP contribution in [0.2, 0.25) is 5.02 Å². The molecule has 0 unspecified atom stereocenters. The number of imidazole rings is 1. The summed E-state index contributed by atoms with van der Waals surface area (Å²) in [7, 11) is 1.45. The van der Waals surface area contributed by atoms with Crippen LogP contribution in [-0.2, 0) is 11.8 Å². The number of ether oxygens (including phenoxy) is 1. The predicted octanol–water partition coefficient (Wildman–Crippen LogP) is 2.13. The first-order valence-corrected chi connectivity index (χ1v) is 13.4. The molecule has 0 bridgehead atoms. The molecule has 226 valence electrons. The molecular formula is C28H28ClF2N7O5. The molecule has 2 heterocycles. The van der Waals surface area contributed by atoms with Crippen molar-refractivity contribution in [2.24, 2.45) is 7.05 Å². The van der Waals surface area contributed by atoms with Crippen LogP contribution >= 0.6 is 11.6 Å². The molecule has 0 radical (unpaired) electrons. The van der Waals surface area contributed by atoms with Crippen LogP contribution in [0.25, 0.3) is 11.3 Å². The van der Waals surface area contributed by atoms with Crippen LogP contribution in [0.1, 0.15) is 34.3 Å². The zero-order valence-corrected chi connectivity index (χ0v) is 23.9. The summed E-state index contributed by atoms with van der Waals surface area (Å²) in [5.41, 5.74) is -0.613. The van der Waals surface area contributed by atoms with Crippen molar-refractivity contribution in [3.05, 3.63) is 64.6 Å². The lowest BCUT2D eigenvalue weighted by Gasteiger charge is -2.14. The van der Waals surface area contributed by atoms with Gasteiger partial charge < -0.3 is 35.7 Å². The highest BCUT2D eigenvalue weighted by Crippen LogP contribution is 2.30. The highest BCUT2D eigenvalue weighted by molar-refractivity contribution is 6.34. The van der Waals surface area contributed by atoms with Gasteiger partial charge in [0.1, 0.15) is 6.07 Å². The molecule has 1 aromatic heterocycles. The SMILES string of the molecule is Cn1c(-c2ccc(OCC#N)c(F)c2F)cnc1C(=O)Nc1ccc(C(=O)NCCNC(=O)[C@H]2C[C@@](C)(O)CN2)c(Cl)c1. The number of rotatable bonds is 10. The highest BCUT2D eigenvalue weighted by Gasteiger charge is 2.36. The van der Waals surface area contributed by atoms with Crippen LogP contribution in [0.3, 0.4) is 0 Å². The highest BCUT2D eigenvalue weighted by atomic mass is 35.5. The van der Waals surface area contributed by atoms with Gasteiger partial charge in [0.2, 0.25) is 11.7 Å². The summed E-state index contributed by atoms with van der Waals surface area (Å²) in [4.78, 5) is 41.7. The number of carbonyl (C=O) groups is 3. The van der Waals surface area contributed by atoms with Gasteiger partial charge in [-0.05, 0) is 37.3 Å². The predicted molar refractivity (Wildman–Crippen MR) is 151 cm³/mol. The van der Waals surface area contributed by atoms with Gasteiger partial charge in [-0.2, -0.15) is 9.65 Å². The first kappa shape index (κ1) is 31.4. The van der Waals surface area contributed by atoms with Gasteiger partial charge >= 0.3 is 0 Å². The molecule has 0 spiro atoms. The Bertz CT molecular complexity index is 1600. The van der Waals surface area contributed by atoms with E-state index >= 15 is 0 Å². The smallest absolute Gasteiger partial charge is 0.291 e. The molecule has 12 nitrogen and oxygen atoms in total. The van der Waals surface area contributed by atoms with E-state index in [-0.39, 0.29) is 58.8 Å². The third-order valence-corrected chi connectivity index (χ3v) is 6.99. The van der Waals surface area contributed by atoms with E-state index in [2.05, 4.69) is 26.3 Å². The lowest BCUT2D eigenvalue weighted by Crippen LogP contribution is -2.43. The number of nitrogens with zero attached hydrogens (tertiary/aromatic N) is 3. The van der Waals surface area contributed by atoms with E-state index < -0.39 is 47.4 Å². The molecule has 43 heavy (non-hydrogen) atoms. The van der Waals surface area contributed by atoms with Crippen LogP contribution in [0.15, 0.2) is 36.5 Å². The minimum Gasteiger partial charge on any atom is -0.476 e. The number of nitrogens with one attached hydrogen (secondary N) is 4. The largest absolute Gasteiger partial charge is 0.476 e. The molecular weight excluding hydrogens is 588 g/mol. The fraction of sp³-hybridized carbons (Fsp3) is 0.321. The molecule has 3 aromatic rings. The van der Waals surface area contributed by atoms with E-state index in [0.29, 0.717) is 6.54 Å². The second kappa shape index (κ2) is 13.2. The molecule has 1 saturated heterocycles. The van der Waals surface area contributed by atoms with Crippen molar-refractivity contribution in [2.75, 3.05) is 31.6 Å².